The normalized spacial score (nSPS) is 16.0. The largest absolute Gasteiger partial charge is 0.480 e. The molecule has 7 nitrogen and oxygen atoms in total. The molecule has 0 amide bonds. The van der Waals surface area contributed by atoms with Gasteiger partial charge in [-0.1, -0.05) is 18.2 Å². The number of aliphatic hydroxyl groups excluding tert-OH is 1. The Kier molecular flexibility index (Phi) is 5.42. The molecule has 1 aliphatic heterocycles. The van der Waals surface area contributed by atoms with Crippen LogP contribution in [0, 0.1) is 17.2 Å². The number of hydrogen-bond donors (Lipinski definition) is 1. The molecule has 1 heterocycles. The lowest BCUT2D eigenvalue weighted by molar-refractivity contribution is -0.162. The van der Waals surface area contributed by atoms with E-state index >= 15 is 0 Å². The van der Waals surface area contributed by atoms with E-state index in [1.165, 1.54) is 0 Å². The number of allylic oxidation sites excluding steroid dienone is 1. The molecule has 1 aliphatic rings. The molecule has 0 radical (unpaired) electrons. The number of nitriles is 1. The summed E-state index contributed by atoms with van der Waals surface area (Å²) < 4.78 is 15.2. The van der Waals surface area contributed by atoms with Crippen molar-refractivity contribution >= 4 is 11.9 Å². The zero-order chi connectivity index (χ0) is 17.7. The number of aliphatic hydroxyl groups is 1. The molecule has 1 aromatic rings. The fraction of sp³-hybridized carbons (Fsp3) is 0.353. The molecule has 1 N–H and O–H groups in total. The third-order valence-electron chi connectivity index (χ3n) is 3.54. The molecule has 1 unspecified atom stereocenters. The van der Waals surface area contributed by atoms with E-state index in [2.05, 4.69) is 0 Å². The van der Waals surface area contributed by atoms with Gasteiger partial charge in [0.1, 0.15) is 17.4 Å². The van der Waals surface area contributed by atoms with E-state index in [4.69, 9.17) is 14.2 Å². The van der Waals surface area contributed by atoms with Crippen LogP contribution in [-0.2, 0) is 19.1 Å². The highest BCUT2D eigenvalue weighted by Crippen LogP contribution is 2.43. The SMILES string of the molecule is CCOC(=O)C(C(=O)OCC)C1C(C#N)=C(O)Oc2ccccc21. The number of hydrogen-bond acceptors (Lipinski definition) is 7. The number of carbonyl (C=O) groups is 2. The molecule has 126 valence electrons. The van der Waals surface area contributed by atoms with Crippen LogP contribution < -0.4 is 4.74 Å². The highest BCUT2D eigenvalue weighted by Gasteiger charge is 2.45. The average molecular weight is 331 g/mol. The highest BCUT2D eigenvalue weighted by molar-refractivity contribution is 5.97. The van der Waals surface area contributed by atoms with E-state index in [0.717, 1.165) is 0 Å². The Morgan fingerprint density at radius 2 is 1.83 bits per heavy atom. The van der Waals surface area contributed by atoms with Crippen LogP contribution in [-0.4, -0.2) is 30.3 Å². The Morgan fingerprint density at radius 1 is 1.25 bits per heavy atom. The lowest BCUT2D eigenvalue weighted by atomic mass is 9.79. The highest BCUT2D eigenvalue weighted by atomic mass is 16.6. The van der Waals surface area contributed by atoms with Crippen LogP contribution in [0.25, 0.3) is 0 Å². The van der Waals surface area contributed by atoms with Gasteiger partial charge in [-0.05, 0) is 19.9 Å². The Bertz CT molecular complexity index is 700. The number of nitrogens with zero attached hydrogens (tertiary/aromatic N) is 1. The average Bonchev–Trinajstić information content (AvgIpc) is 2.55. The third kappa shape index (κ3) is 3.18. The van der Waals surface area contributed by atoms with Crippen LogP contribution in [0.2, 0.25) is 0 Å². The number of carbonyl (C=O) groups excluding carboxylic acids is 2. The van der Waals surface area contributed by atoms with E-state index < -0.39 is 29.7 Å². The van der Waals surface area contributed by atoms with Gasteiger partial charge in [0.15, 0.2) is 5.92 Å². The van der Waals surface area contributed by atoms with Gasteiger partial charge in [-0.15, -0.1) is 0 Å². The predicted octanol–water partition coefficient (Wildman–Crippen LogP) is 2.20. The van der Waals surface area contributed by atoms with Crippen LogP contribution in [0.3, 0.4) is 0 Å². The number of fused-ring (bicyclic) bond motifs is 1. The molecule has 1 aromatic carbocycles. The van der Waals surface area contributed by atoms with Crippen molar-refractivity contribution in [2.24, 2.45) is 5.92 Å². The Labute approximate surface area is 139 Å². The summed E-state index contributed by atoms with van der Waals surface area (Å²) in [4.78, 5) is 24.7. The van der Waals surface area contributed by atoms with Gasteiger partial charge in [-0.25, -0.2) is 0 Å². The lowest BCUT2D eigenvalue weighted by Crippen LogP contribution is -2.36. The summed E-state index contributed by atoms with van der Waals surface area (Å²) in [5.74, 6) is -4.47. The summed E-state index contributed by atoms with van der Waals surface area (Å²) in [6.45, 7) is 3.35. The predicted molar refractivity (Wildman–Crippen MR) is 81.8 cm³/mol. The Morgan fingerprint density at radius 3 is 2.38 bits per heavy atom. The van der Waals surface area contributed by atoms with Crippen LogP contribution in [0.15, 0.2) is 35.8 Å². The van der Waals surface area contributed by atoms with Gasteiger partial charge < -0.3 is 19.3 Å². The summed E-state index contributed by atoms with van der Waals surface area (Å²) in [7, 11) is 0. The monoisotopic (exact) mass is 331 g/mol. The van der Waals surface area contributed by atoms with Gasteiger partial charge in [-0.2, -0.15) is 5.26 Å². The summed E-state index contributed by atoms with van der Waals surface area (Å²) >= 11 is 0. The number of rotatable bonds is 5. The standard InChI is InChI=1S/C17H17NO6/c1-3-22-16(20)14(17(21)23-4-2)13-10-7-5-6-8-12(10)24-15(19)11(13)9-18/h5-8,13-14,19H,3-4H2,1-2H3. The maximum atomic E-state index is 12.4. The minimum Gasteiger partial charge on any atom is -0.480 e. The van der Waals surface area contributed by atoms with Crippen LogP contribution >= 0.6 is 0 Å². The summed E-state index contributed by atoms with van der Waals surface area (Å²) in [6.07, 6.45) is 0. The lowest BCUT2D eigenvalue weighted by Gasteiger charge is -2.28. The van der Waals surface area contributed by atoms with Gasteiger partial charge in [0.25, 0.3) is 5.95 Å². The minimum atomic E-state index is -1.41. The maximum Gasteiger partial charge on any atom is 0.321 e. The molecule has 0 saturated heterocycles. The van der Waals surface area contributed by atoms with Crippen molar-refractivity contribution in [1.82, 2.24) is 0 Å². The van der Waals surface area contributed by atoms with Crippen molar-refractivity contribution in [1.29, 1.82) is 5.26 Å². The molecule has 1 atom stereocenters. The van der Waals surface area contributed by atoms with Gasteiger partial charge in [0.05, 0.1) is 19.1 Å². The zero-order valence-electron chi connectivity index (χ0n) is 13.3. The molecular weight excluding hydrogens is 314 g/mol. The van der Waals surface area contributed by atoms with Crippen LogP contribution in [0.5, 0.6) is 5.75 Å². The molecule has 0 fully saturated rings. The molecule has 0 saturated carbocycles. The fourth-order valence-corrected chi connectivity index (χ4v) is 2.57. The molecule has 0 aromatic heterocycles. The first-order valence-electron chi connectivity index (χ1n) is 7.48. The van der Waals surface area contributed by atoms with E-state index in [1.54, 1.807) is 38.1 Å². The molecular formula is C17H17NO6. The molecule has 7 heteroatoms. The van der Waals surface area contributed by atoms with Crippen LogP contribution in [0.1, 0.15) is 25.3 Å². The van der Waals surface area contributed by atoms with Crippen molar-refractivity contribution in [3.8, 4) is 11.8 Å². The number of para-hydroxylation sites is 1. The first-order valence-corrected chi connectivity index (χ1v) is 7.48. The van der Waals surface area contributed by atoms with E-state index in [9.17, 15) is 20.0 Å². The molecule has 0 spiro atoms. The van der Waals surface area contributed by atoms with Crippen molar-refractivity contribution in [2.45, 2.75) is 19.8 Å². The smallest absolute Gasteiger partial charge is 0.321 e. The second-order valence-electron chi connectivity index (χ2n) is 4.93. The van der Waals surface area contributed by atoms with E-state index in [1.807, 2.05) is 6.07 Å². The quantitative estimate of drug-likeness (QED) is 0.651. The number of benzene rings is 1. The maximum absolute atomic E-state index is 12.4. The molecule has 0 aliphatic carbocycles. The number of esters is 2. The summed E-state index contributed by atoms with van der Waals surface area (Å²) in [6, 6.07) is 8.35. The topological polar surface area (TPSA) is 106 Å². The van der Waals surface area contributed by atoms with E-state index in [0.29, 0.717) is 5.56 Å². The van der Waals surface area contributed by atoms with Crippen molar-refractivity contribution in [3.05, 3.63) is 41.3 Å². The Hall–Kier alpha value is -3.01. The van der Waals surface area contributed by atoms with Crippen molar-refractivity contribution < 1.29 is 28.9 Å². The van der Waals surface area contributed by atoms with Gasteiger partial charge in [0.2, 0.25) is 0 Å². The van der Waals surface area contributed by atoms with Crippen molar-refractivity contribution in [3.63, 3.8) is 0 Å². The van der Waals surface area contributed by atoms with Crippen molar-refractivity contribution in [2.75, 3.05) is 13.2 Å². The molecule has 24 heavy (non-hydrogen) atoms. The first kappa shape index (κ1) is 17.3. The molecule has 0 bridgehead atoms. The van der Waals surface area contributed by atoms with Gasteiger partial charge in [-0.3, -0.25) is 9.59 Å². The second kappa shape index (κ2) is 7.51. The summed E-state index contributed by atoms with van der Waals surface area (Å²) in [5.41, 5.74) is 0.206. The first-order chi connectivity index (χ1) is 11.5. The molecule has 2 rings (SSSR count). The number of ether oxygens (including phenoxy) is 3. The zero-order valence-corrected chi connectivity index (χ0v) is 13.3. The second-order valence-corrected chi connectivity index (χ2v) is 4.93. The Balaban J connectivity index is 2.59. The van der Waals surface area contributed by atoms with E-state index in [-0.39, 0.29) is 24.5 Å². The third-order valence-corrected chi connectivity index (χ3v) is 3.54. The summed E-state index contributed by atoms with van der Waals surface area (Å²) in [5, 5.41) is 19.4. The van der Waals surface area contributed by atoms with Crippen LogP contribution in [0.4, 0.5) is 0 Å². The van der Waals surface area contributed by atoms with Gasteiger partial charge in [0, 0.05) is 5.56 Å². The van der Waals surface area contributed by atoms with Gasteiger partial charge >= 0.3 is 11.9 Å². The fourth-order valence-electron chi connectivity index (χ4n) is 2.57. The minimum absolute atomic E-state index is 0.0667.